The quantitative estimate of drug-likeness (QED) is 0.730. The van der Waals surface area contributed by atoms with Gasteiger partial charge in [-0.2, -0.15) is 0 Å². The van der Waals surface area contributed by atoms with Crippen LogP contribution in [0.5, 0.6) is 0 Å². The summed E-state index contributed by atoms with van der Waals surface area (Å²) >= 11 is 0. The second-order valence-electron chi connectivity index (χ2n) is 7.25. The van der Waals surface area contributed by atoms with Gasteiger partial charge in [0.15, 0.2) is 0 Å². The Hall–Kier alpha value is -2.89. The highest BCUT2D eigenvalue weighted by atomic mass is 16.3. The summed E-state index contributed by atoms with van der Waals surface area (Å²) in [5, 5.41) is 0. The molecular weight excluding hydrogens is 330 g/mol. The standard InChI is InChI=1S/C20H21N3O3/c1-10(2)17-18(16-7-11(3)12(4)26-16)23(20(25)19(17)24)13-5-6-14-15(8-13)22-9-21-14/h5-10,17-18H,1-4H3,(H,21,22). The number of aromatic nitrogens is 2. The molecule has 0 spiro atoms. The van der Waals surface area contributed by atoms with Crippen LogP contribution >= 0.6 is 0 Å². The number of fused-ring (bicyclic) bond motifs is 1. The van der Waals surface area contributed by atoms with E-state index in [1.807, 2.05) is 52.0 Å². The van der Waals surface area contributed by atoms with Crippen molar-refractivity contribution in [2.45, 2.75) is 33.7 Å². The monoisotopic (exact) mass is 351 g/mol. The molecular formula is C20H21N3O3. The van der Waals surface area contributed by atoms with E-state index in [2.05, 4.69) is 9.97 Å². The van der Waals surface area contributed by atoms with Gasteiger partial charge in [0.25, 0.3) is 5.91 Å². The predicted molar refractivity (Wildman–Crippen MR) is 97.8 cm³/mol. The highest BCUT2D eigenvalue weighted by molar-refractivity contribution is 6.45. The molecule has 2 aromatic heterocycles. The van der Waals surface area contributed by atoms with Crippen molar-refractivity contribution in [2.75, 3.05) is 4.90 Å². The van der Waals surface area contributed by atoms with Gasteiger partial charge in [-0.25, -0.2) is 4.98 Å². The Morgan fingerprint density at radius 1 is 1.19 bits per heavy atom. The van der Waals surface area contributed by atoms with Crippen LogP contribution in [0, 0.1) is 25.7 Å². The maximum absolute atomic E-state index is 12.9. The van der Waals surface area contributed by atoms with Crippen molar-refractivity contribution in [3.8, 4) is 0 Å². The summed E-state index contributed by atoms with van der Waals surface area (Å²) in [6.45, 7) is 7.79. The van der Waals surface area contributed by atoms with Crippen LogP contribution in [-0.2, 0) is 9.59 Å². The van der Waals surface area contributed by atoms with Gasteiger partial charge in [-0.05, 0) is 49.6 Å². The third kappa shape index (κ3) is 2.36. The van der Waals surface area contributed by atoms with E-state index in [0.717, 1.165) is 22.4 Å². The normalized spacial score (nSPS) is 20.7. The SMILES string of the molecule is Cc1cc(C2C(C(C)C)C(=O)C(=O)N2c2ccc3nc[nH]c3c2)oc1C. The van der Waals surface area contributed by atoms with E-state index in [0.29, 0.717) is 11.4 Å². The minimum Gasteiger partial charge on any atom is -0.464 e. The van der Waals surface area contributed by atoms with Gasteiger partial charge in [0.1, 0.15) is 17.6 Å². The Kier molecular flexibility index (Phi) is 3.72. The molecule has 6 heteroatoms. The first-order valence-electron chi connectivity index (χ1n) is 8.76. The summed E-state index contributed by atoms with van der Waals surface area (Å²) in [5.41, 5.74) is 3.31. The van der Waals surface area contributed by atoms with E-state index >= 15 is 0 Å². The molecule has 134 valence electrons. The summed E-state index contributed by atoms with van der Waals surface area (Å²) in [6, 6.07) is 7.02. The molecule has 3 heterocycles. The summed E-state index contributed by atoms with van der Waals surface area (Å²) in [5.74, 6) is 0.189. The molecule has 2 unspecified atom stereocenters. The molecule has 1 amide bonds. The molecule has 2 atom stereocenters. The van der Waals surface area contributed by atoms with Gasteiger partial charge in [0, 0.05) is 5.69 Å². The average Bonchev–Trinajstić information content (AvgIpc) is 3.25. The number of nitrogens with one attached hydrogen (secondary N) is 1. The molecule has 1 aromatic carbocycles. The topological polar surface area (TPSA) is 79.2 Å². The number of carbonyl (C=O) groups is 2. The Bertz CT molecular complexity index is 995. The van der Waals surface area contributed by atoms with Gasteiger partial charge < -0.3 is 9.40 Å². The zero-order valence-corrected chi connectivity index (χ0v) is 15.2. The molecule has 0 radical (unpaired) electrons. The summed E-state index contributed by atoms with van der Waals surface area (Å²) in [7, 11) is 0. The second kappa shape index (κ2) is 5.83. The van der Waals surface area contributed by atoms with E-state index in [1.165, 1.54) is 0 Å². The van der Waals surface area contributed by atoms with Gasteiger partial charge in [-0.3, -0.25) is 14.5 Å². The molecule has 3 aromatic rings. The second-order valence-corrected chi connectivity index (χ2v) is 7.25. The lowest BCUT2D eigenvalue weighted by Gasteiger charge is -2.27. The van der Waals surface area contributed by atoms with Crippen LogP contribution in [0.25, 0.3) is 11.0 Å². The van der Waals surface area contributed by atoms with Crippen LogP contribution < -0.4 is 4.90 Å². The van der Waals surface area contributed by atoms with Crippen LogP contribution in [-0.4, -0.2) is 21.7 Å². The number of aromatic amines is 1. The minimum absolute atomic E-state index is 0.0167. The number of carbonyl (C=O) groups excluding carboxylic acids is 2. The lowest BCUT2D eigenvalue weighted by Crippen LogP contribution is -2.29. The lowest BCUT2D eigenvalue weighted by atomic mass is 9.86. The van der Waals surface area contributed by atoms with E-state index in [1.54, 1.807) is 11.2 Å². The maximum Gasteiger partial charge on any atom is 0.295 e. The zero-order valence-electron chi connectivity index (χ0n) is 15.2. The molecule has 1 fully saturated rings. The van der Waals surface area contributed by atoms with Gasteiger partial charge >= 0.3 is 0 Å². The highest BCUT2D eigenvalue weighted by Gasteiger charge is 2.51. The molecule has 1 saturated heterocycles. The van der Waals surface area contributed by atoms with Crippen molar-refractivity contribution in [1.29, 1.82) is 0 Å². The number of benzene rings is 1. The Morgan fingerprint density at radius 3 is 2.62 bits per heavy atom. The molecule has 4 rings (SSSR count). The number of furan rings is 1. The van der Waals surface area contributed by atoms with Crippen LogP contribution in [0.3, 0.4) is 0 Å². The first-order chi connectivity index (χ1) is 12.4. The van der Waals surface area contributed by atoms with Crippen LogP contribution in [0.4, 0.5) is 5.69 Å². The highest BCUT2D eigenvalue weighted by Crippen LogP contribution is 2.44. The first-order valence-corrected chi connectivity index (χ1v) is 8.76. The fourth-order valence-corrected chi connectivity index (χ4v) is 3.76. The summed E-state index contributed by atoms with van der Waals surface area (Å²) in [4.78, 5) is 34.5. The third-order valence-electron chi connectivity index (χ3n) is 5.23. The number of nitrogens with zero attached hydrogens (tertiary/aromatic N) is 2. The van der Waals surface area contributed by atoms with Gasteiger partial charge in [0.2, 0.25) is 5.78 Å². The third-order valence-corrected chi connectivity index (χ3v) is 5.23. The van der Waals surface area contributed by atoms with Gasteiger partial charge in [-0.15, -0.1) is 0 Å². The van der Waals surface area contributed by atoms with Crippen LogP contribution in [0.2, 0.25) is 0 Å². The van der Waals surface area contributed by atoms with Crippen LogP contribution in [0.15, 0.2) is 35.0 Å². The van der Waals surface area contributed by atoms with E-state index in [9.17, 15) is 9.59 Å². The largest absolute Gasteiger partial charge is 0.464 e. The fraction of sp³-hybridized carbons (Fsp3) is 0.350. The number of hydrogen-bond acceptors (Lipinski definition) is 4. The van der Waals surface area contributed by atoms with Crippen molar-refractivity contribution in [3.63, 3.8) is 0 Å². The fourth-order valence-electron chi connectivity index (χ4n) is 3.76. The molecule has 1 aliphatic rings. The van der Waals surface area contributed by atoms with E-state index in [4.69, 9.17) is 4.42 Å². The Balaban J connectivity index is 1.88. The lowest BCUT2D eigenvalue weighted by molar-refractivity contribution is -0.136. The number of rotatable bonds is 3. The van der Waals surface area contributed by atoms with Gasteiger partial charge in [0.05, 0.1) is 23.3 Å². The number of amides is 1. The number of H-pyrrole nitrogens is 1. The molecule has 1 N–H and O–H groups in total. The van der Waals surface area contributed by atoms with Crippen molar-refractivity contribution in [3.05, 3.63) is 47.7 Å². The van der Waals surface area contributed by atoms with E-state index in [-0.39, 0.29) is 11.7 Å². The van der Waals surface area contributed by atoms with Crippen molar-refractivity contribution in [1.82, 2.24) is 9.97 Å². The average molecular weight is 351 g/mol. The smallest absolute Gasteiger partial charge is 0.295 e. The zero-order chi connectivity index (χ0) is 18.6. The number of aryl methyl sites for hydroxylation is 2. The van der Waals surface area contributed by atoms with Crippen molar-refractivity contribution >= 4 is 28.4 Å². The van der Waals surface area contributed by atoms with Crippen molar-refractivity contribution < 1.29 is 14.0 Å². The Morgan fingerprint density at radius 2 is 1.96 bits per heavy atom. The Labute approximate surface area is 151 Å². The predicted octanol–water partition coefficient (Wildman–Crippen LogP) is 3.70. The number of imidazole rings is 1. The van der Waals surface area contributed by atoms with Crippen LogP contribution in [0.1, 0.15) is 37.0 Å². The number of ketones is 1. The summed E-state index contributed by atoms with van der Waals surface area (Å²) in [6.07, 6.45) is 1.61. The molecule has 1 aliphatic heterocycles. The maximum atomic E-state index is 12.9. The van der Waals surface area contributed by atoms with E-state index < -0.39 is 17.9 Å². The summed E-state index contributed by atoms with van der Waals surface area (Å²) < 4.78 is 5.93. The number of hydrogen-bond donors (Lipinski definition) is 1. The van der Waals surface area contributed by atoms with Crippen molar-refractivity contribution in [2.24, 2.45) is 11.8 Å². The molecule has 6 nitrogen and oxygen atoms in total. The number of anilines is 1. The van der Waals surface area contributed by atoms with Gasteiger partial charge in [-0.1, -0.05) is 13.8 Å². The molecule has 0 aliphatic carbocycles. The molecule has 0 saturated carbocycles. The number of Topliss-reactive ketones (excluding diaryl/α,β-unsaturated/α-hetero) is 1. The molecule has 26 heavy (non-hydrogen) atoms. The first kappa shape index (κ1) is 16.6. The minimum atomic E-state index is -0.487. The molecule has 0 bridgehead atoms.